The van der Waals surface area contributed by atoms with Crippen LogP contribution in [0.3, 0.4) is 0 Å². The minimum Gasteiger partial charge on any atom is -0.386 e. The maximum atomic E-state index is 13.6. The van der Waals surface area contributed by atoms with Gasteiger partial charge in [0.15, 0.2) is 24.5 Å². The molecule has 5 atom stereocenters. The van der Waals surface area contributed by atoms with E-state index >= 15 is 0 Å². The standard InChI is InChI=1S/C24H20N5O5PS/c30-18-19-16(12-32-35(36)34-19)33-23(18)29-20(14-9-5-2-6-10-14)26-17-21(29)27-24-25-15(11-28(24)22(17)31)13-7-3-1-4-8-13/h1-11,16,18-19,23,30,35H,12H2,(H,25,27)/t16?,18?,19-,23-/m1/s1. The molecule has 0 radical (unpaired) electrons. The minimum absolute atomic E-state index is 0.167. The number of hydrogen-bond acceptors (Lipinski definition) is 8. The molecule has 0 amide bonds. The van der Waals surface area contributed by atoms with E-state index in [-0.39, 0.29) is 17.7 Å². The number of H-pyrrole nitrogens is 1. The number of rotatable bonds is 3. The highest BCUT2D eigenvalue weighted by Crippen LogP contribution is 2.44. The zero-order valence-corrected chi connectivity index (χ0v) is 20.5. The highest BCUT2D eigenvalue weighted by Gasteiger charge is 2.49. The normalized spacial score (nSPS) is 26.0. The smallest absolute Gasteiger partial charge is 0.287 e. The number of aromatic amines is 1. The molecule has 0 aliphatic carbocycles. The van der Waals surface area contributed by atoms with Crippen LogP contribution in [0.1, 0.15) is 6.23 Å². The van der Waals surface area contributed by atoms with Crippen LogP contribution in [0.15, 0.2) is 71.7 Å². The van der Waals surface area contributed by atoms with Gasteiger partial charge in [0.2, 0.25) is 5.78 Å². The molecule has 2 aliphatic heterocycles. The Balaban J connectivity index is 1.45. The van der Waals surface area contributed by atoms with E-state index in [0.29, 0.717) is 17.2 Å². The van der Waals surface area contributed by atoms with Crippen LogP contribution in [-0.4, -0.2) is 53.9 Å². The summed E-state index contributed by atoms with van der Waals surface area (Å²) in [6, 6.07) is 19.1. The number of benzene rings is 2. The summed E-state index contributed by atoms with van der Waals surface area (Å²) in [5.74, 6) is 0.812. The van der Waals surface area contributed by atoms with Gasteiger partial charge in [0, 0.05) is 11.8 Å². The zero-order valence-electron chi connectivity index (χ0n) is 18.6. The van der Waals surface area contributed by atoms with Gasteiger partial charge in [0.25, 0.3) is 5.56 Å². The largest absolute Gasteiger partial charge is 0.386 e. The van der Waals surface area contributed by atoms with Crippen molar-refractivity contribution in [2.24, 2.45) is 0 Å². The van der Waals surface area contributed by atoms with Crippen LogP contribution in [0.4, 0.5) is 0 Å². The Labute approximate surface area is 209 Å². The maximum Gasteiger partial charge on any atom is 0.287 e. The van der Waals surface area contributed by atoms with Gasteiger partial charge in [-0.15, -0.1) is 0 Å². The van der Waals surface area contributed by atoms with Gasteiger partial charge in [-0.3, -0.25) is 9.36 Å². The van der Waals surface area contributed by atoms with E-state index in [0.717, 1.165) is 16.8 Å². The van der Waals surface area contributed by atoms with Gasteiger partial charge in [-0.05, 0) is 17.4 Å². The summed E-state index contributed by atoms with van der Waals surface area (Å²) in [6.45, 7) is 0.237. The van der Waals surface area contributed by atoms with Crippen LogP contribution in [0.5, 0.6) is 0 Å². The fraction of sp³-hybridized carbons (Fsp3) is 0.208. The van der Waals surface area contributed by atoms with E-state index in [1.54, 1.807) is 10.8 Å². The summed E-state index contributed by atoms with van der Waals surface area (Å²) in [7, 11) is -1.89. The first kappa shape index (κ1) is 22.1. The quantitative estimate of drug-likeness (QED) is 0.348. The summed E-state index contributed by atoms with van der Waals surface area (Å²) in [6.07, 6.45) is -1.36. The number of aromatic nitrogens is 5. The van der Waals surface area contributed by atoms with Crippen molar-refractivity contribution in [1.82, 2.24) is 23.9 Å². The molecule has 0 saturated carbocycles. The lowest BCUT2D eigenvalue weighted by atomic mass is 10.1. The maximum absolute atomic E-state index is 13.6. The van der Waals surface area contributed by atoms with Gasteiger partial charge in [-0.25, -0.2) is 9.38 Å². The molecule has 3 aromatic heterocycles. The zero-order chi connectivity index (χ0) is 24.4. The Morgan fingerprint density at radius 1 is 1.06 bits per heavy atom. The predicted molar refractivity (Wildman–Crippen MR) is 136 cm³/mol. The average molecular weight is 521 g/mol. The lowest BCUT2D eigenvalue weighted by Crippen LogP contribution is -2.37. The molecule has 3 unspecified atom stereocenters. The van der Waals surface area contributed by atoms with Gasteiger partial charge in [0.05, 0.1) is 12.3 Å². The highest BCUT2D eigenvalue weighted by atomic mass is 32.4. The topological polar surface area (TPSA) is 116 Å². The van der Waals surface area contributed by atoms with Crippen molar-refractivity contribution in [3.8, 4) is 22.6 Å². The highest BCUT2D eigenvalue weighted by molar-refractivity contribution is 8.00. The van der Waals surface area contributed by atoms with Gasteiger partial charge in [-0.1, -0.05) is 60.7 Å². The summed E-state index contributed by atoms with van der Waals surface area (Å²) in [5, 5.41) is 11.2. The third-order valence-corrected chi connectivity index (χ3v) is 8.04. The summed E-state index contributed by atoms with van der Waals surface area (Å²) in [4.78, 5) is 26.3. The van der Waals surface area contributed by atoms with Gasteiger partial charge in [0.1, 0.15) is 24.1 Å². The number of aliphatic hydroxyl groups is 1. The lowest BCUT2D eigenvalue weighted by molar-refractivity contribution is -0.0515. The molecule has 2 fully saturated rings. The van der Waals surface area contributed by atoms with Crippen LogP contribution in [0, 0.1) is 0 Å². The van der Waals surface area contributed by atoms with Crippen molar-refractivity contribution in [3.05, 3.63) is 77.2 Å². The molecule has 12 heteroatoms. The monoisotopic (exact) mass is 521 g/mol. The van der Waals surface area contributed by atoms with E-state index in [1.165, 1.54) is 4.40 Å². The molecule has 2 aromatic carbocycles. The number of nitrogens with zero attached hydrogens (tertiary/aromatic N) is 4. The minimum atomic E-state index is -1.89. The number of fused-ring (bicyclic) bond motifs is 3. The molecular formula is C24H20N5O5PS. The second-order valence-corrected chi connectivity index (χ2v) is 10.7. The molecule has 2 N–H and O–H groups in total. The molecule has 2 aliphatic rings. The van der Waals surface area contributed by atoms with Gasteiger partial charge in [-0.2, -0.15) is 4.98 Å². The first-order chi connectivity index (χ1) is 17.6. The van der Waals surface area contributed by atoms with Crippen molar-refractivity contribution in [3.63, 3.8) is 0 Å². The van der Waals surface area contributed by atoms with Crippen LogP contribution in [0.2, 0.25) is 0 Å². The number of hydrogen-bond donors (Lipinski definition) is 2. The first-order valence-corrected chi connectivity index (χ1v) is 13.8. The Morgan fingerprint density at radius 2 is 1.78 bits per heavy atom. The van der Waals surface area contributed by atoms with Gasteiger partial charge >= 0.3 is 0 Å². The van der Waals surface area contributed by atoms with E-state index in [1.807, 2.05) is 60.7 Å². The molecule has 7 rings (SSSR count). The van der Waals surface area contributed by atoms with E-state index in [9.17, 15) is 9.90 Å². The van der Waals surface area contributed by atoms with Crippen LogP contribution >= 0.6 is 7.15 Å². The van der Waals surface area contributed by atoms with E-state index < -0.39 is 31.7 Å². The Morgan fingerprint density at radius 3 is 2.53 bits per heavy atom. The molecular weight excluding hydrogens is 501 g/mol. The number of nitrogens with one attached hydrogen (secondary N) is 1. The van der Waals surface area contributed by atoms with Gasteiger partial charge < -0.3 is 23.9 Å². The Bertz CT molecular complexity index is 1690. The van der Waals surface area contributed by atoms with Crippen molar-refractivity contribution in [1.29, 1.82) is 0 Å². The van der Waals surface area contributed by atoms with Crippen molar-refractivity contribution in [2.75, 3.05) is 6.61 Å². The third-order valence-electron chi connectivity index (χ3n) is 6.53. The fourth-order valence-electron chi connectivity index (χ4n) is 4.83. The summed E-state index contributed by atoms with van der Waals surface area (Å²) in [5.41, 5.74) is 2.56. The molecule has 0 spiro atoms. The van der Waals surface area contributed by atoms with Crippen molar-refractivity contribution in [2.45, 2.75) is 24.5 Å². The van der Waals surface area contributed by atoms with E-state index in [4.69, 9.17) is 35.6 Å². The number of imidazole rings is 2. The Hall–Kier alpha value is -3.18. The summed E-state index contributed by atoms with van der Waals surface area (Å²) < 4.78 is 20.6. The molecule has 36 heavy (non-hydrogen) atoms. The number of ether oxygens (including phenoxy) is 1. The van der Waals surface area contributed by atoms with Crippen molar-refractivity contribution >= 4 is 35.9 Å². The SMILES string of the molecule is O=c1c2nc(-c3ccccc3)n([C@@H]3OC4CO[PH](=S)O[C@H]4C3O)c2nc2[nH]c(-c3ccccc3)cn12. The summed E-state index contributed by atoms with van der Waals surface area (Å²) >= 11 is 5.21. The lowest BCUT2D eigenvalue weighted by Gasteiger charge is -2.26. The second kappa shape index (κ2) is 8.45. The Kier molecular flexibility index (Phi) is 5.17. The van der Waals surface area contributed by atoms with Crippen molar-refractivity contribution < 1.29 is 18.9 Å². The molecule has 2 saturated heterocycles. The molecule has 5 aromatic rings. The second-order valence-electron chi connectivity index (χ2n) is 8.69. The number of aliphatic hydroxyl groups excluding tert-OH is 1. The first-order valence-electron chi connectivity index (χ1n) is 11.4. The van der Waals surface area contributed by atoms with E-state index in [2.05, 4.69) is 4.98 Å². The predicted octanol–water partition coefficient (Wildman–Crippen LogP) is 2.89. The molecule has 182 valence electrons. The van der Waals surface area contributed by atoms with Crippen LogP contribution < -0.4 is 5.56 Å². The average Bonchev–Trinajstić information content (AvgIpc) is 3.59. The molecule has 10 nitrogen and oxygen atoms in total. The fourth-order valence-corrected chi connectivity index (χ4v) is 6.25. The molecule has 0 bridgehead atoms. The van der Waals surface area contributed by atoms with Crippen LogP contribution in [-0.2, 0) is 25.6 Å². The third kappa shape index (κ3) is 3.40. The molecule has 5 heterocycles. The van der Waals surface area contributed by atoms with Crippen LogP contribution in [0.25, 0.3) is 39.6 Å².